The van der Waals surface area contributed by atoms with Crippen LogP contribution in [-0.4, -0.2) is 16.0 Å². The second kappa shape index (κ2) is 3.10. The highest BCUT2D eigenvalue weighted by Gasteiger charge is 2.24. The number of aromatic hydroxyl groups is 1. The van der Waals surface area contributed by atoms with E-state index in [4.69, 9.17) is 5.21 Å². The number of phenols is 1. The lowest BCUT2D eigenvalue weighted by Gasteiger charge is -1.99. The van der Waals surface area contributed by atoms with Gasteiger partial charge in [0, 0.05) is 11.1 Å². The fourth-order valence-corrected chi connectivity index (χ4v) is 2.14. The van der Waals surface area contributed by atoms with Crippen LogP contribution in [0.4, 0.5) is 0 Å². The molecule has 0 bridgehead atoms. The van der Waals surface area contributed by atoms with Crippen LogP contribution in [-0.2, 0) is 0 Å². The number of oxime groups is 1. The Hall–Kier alpha value is -2.29. The van der Waals surface area contributed by atoms with Gasteiger partial charge < -0.3 is 10.3 Å². The third kappa shape index (κ3) is 1.05. The molecule has 0 amide bonds. The van der Waals surface area contributed by atoms with Gasteiger partial charge in [-0.15, -0.1) is 0 Å². The molecule has 2 aromatic carbocycles. The van der Waals surface area contributed by atoms with E-state index >= 15 is 0 Å². The summed E-state index contributed by atoms with van der Waals surface area (Å²) in [5, 5.41) is 21.8. The average molecular weight is 211 g/mol. The fraction of sp³-hybridized carbons (Fsp3) is 0. The molecular formula is C13H9NO2. The van der Waals surface area contributed by atoms with E-state index in [-0.39, 0.29) is 5.75 Å². The zero-order valence-corrected chi connectivity index (χ0v) is 8.38. The van der Waals surface area contributed by atoms with Crippen LogP contribution in [0.5, 0.6) is 5.75 Å². The van der Waals surface area contributed by atoms with E-state index in [0.717, 1.165) is 22.3 Å². The highest BCUT2D eigenvalue weighted by molar-refractivity contribution is 6.24. The Labute approximate surface area is 92.3 Å². The van der Waals surface area contributed by atoms with Crippen LogP contribution in [0.2, 0.25) is 0 Å². The quantitative estimate of drug-likeness (QED) is 0.443. The van der Waals surface area contributed by atoms with E-state index in [1.807, 2.05) is 30.3 Å². The Balaban J connectivity index is 2.39. The summed E-state index contributed by atoms with van der Waals surface area (Å²) in [6, 6.07) is 12.8. The van der Waals surface area contributed by atoms with Crippen molar-refractivity contribution in [3.63, 3.8) is 0 Å². The number of hydrogen-bond acceptors (Lipinski definition) is 3. The van der Waals surface area contributed by atoms with Gasteiger partial charge in [-0.25, -0.2) is 0 Å². The van der Waals surface area contributed by atoms with Crippen LogP contribution < -0.4 is 0 Å². The molecule has 0 aromatic heterocycles. The van der Waals surface area contributed by atoms with Gasteiger partial charge in [-0.05, 0) is 23.3 Å². The molecule has 3 rings (SSSR count). The van der Waals surface area contributed by atoms with Crippen LogP contribution in [0, 0.1) is 0 Å². The van der Waals surface area contributed by atoms with Gasteiger partial charge in [-0.3, -0.25) is 0 Å². The van der Waals surface area contributed by atoms with Crippen molar-refractivity contribution in [3.8, 4) is 16.9 Å². The van der Waals surface area contributed by atoms with E-state index in [0.29, 0.717) is 5.71 Å². The lowest BCUT2D eigenvalue weighted by atomic mass is 10.1. The van der Waals surface area contributed by atoms with Crippen molar-refractivity contribution in [1.82, 2.24) is 0 Å². The van der Waals surface area contributed by atoms with Crippen molar-refractivity contribution in [2.75, 3.05) is 0 Å². The second-order valence-corrected chi connectivity index (χ2v) is 3.72. The maximum atomic E-state index is 9.45. The molecule has 2 aromatic rings. The number of fused-ring (bicyclic) bond motifs is 3. The first-order valence-corrected chi connectivity index (χ1v) is 4.96. The standard InChI is InChI=1S/C13H9NO2/c15-8-5-6-10-9-3-1-2-4-11(9)13(14-16)12(10)7-8/h1-7,15-16H/b14-13-. The summed E-state index contributed by atoms with van der Waals surface area (Å²) < 4.78 is 0. The van der Waals surface area contributed by atoms with Crippen molar-refractivity contribution < 1.29 is 10.3 Å². The fourth-order valence-electron chi connectivity index (χ4n) is 2.14. The molecule has 78 valence electrons. The number of nitrogens with zero attached hydrogens (tertiary/aromatic N) is 1. The first-order chi connectivity index (χ1) is 7.81. The maximum Gasteiger partial charge on any atom is 0.118 e. The van der Waals surface area contributed by atoms with Gasteiger partial charge in [-0.1, -0.05) is 35.5 Å². The van der Waals surface area contributed by atoms with Gasteiger partial charge in [-0.2, -0.15) is 0 Å². The van der Waals surface area contributed by atoms with Gasteiger partial charge in [0.2, 0.25) is 0 Å². The monoisotopic (exact) mass is 211 g/mol. The summed E-state index contributed by atoms with van der Waals surface area (Å²) in [7, 11) is 0. The van der Waals surface area contributed by atoms with E-state index in [9.17, 15) is 5.11 Å². The Bertz CT molecular complexity index is 603. The van der Waals surface area contributed by atoms with E-state index in [2.05, 4.69) is 5.16 Å². The Morgan fingerprint density at radius 1 is 0.812 bits per heavy atom. The molecule has 1 aliphatic rings. The van der Waals surface area contributed by atoms with E-state index in [1.54, 1.807) is 12.1 Å². The summed E-state index contributed by atoms with van der Waals surface area (Å²) in [4.78, 5) is 0. The molecule has 0 heterocycles. The minimum absolute atomic E-state index is 0.174. The van der Waals surface area contributed by atoms with Crippen LogP contribution in [0.25, 0.3) is 11.1 Å². The van der Waals surface area contributed by atoms with Crippen molar-refractivity contribution in [2.45, 2.75) is 0 Å². The molecule has 1 aliphatic carbocycles. The third-order valence-corrected chi connectivity index (χ3v) is 2.83. The lowest BCUT2D eigenvalue weighted by molar-refractivity contribution is 0.320. The normalized spacial score (nSPS) is 14.9. The third-order valence-electron chi connectivity index (χ3n) is 2.83. The van der Waals surface area contributed by atoms with Crippen LogP contribution in [0.15, 0.2) is 47.6 Å². The molecule has 0 radical (unpaired) electrons. The highest BCUT2D eigenvalue weighted by Crippen LogP contribution is 2.38. The van der Waals surface area contributed by atoms with Gasteiger partial charge in [0.1, 0.15) is 11.5 Å². The van der Waals surface area contributed by atoms with Crippen molar-refractivity contribution in [2.24, 2.45) is 5.16 Å². The Morgan fingerprint density at radius 2 is 1.50 bits per heavy atom. The lowest BCUT2D eigenvalue weighted by Crippen LogP contribution is -1.97. The number of rotatable bonds is 0. The van der Waals surface area contributed by atoms with Crippen LogP contribution >= 0.6 is 0 Å². The predicted molar refractivity (Wildman–Crippen MR) is 61.0 cm³/mol. The minimum Gasteiger partial charge on any atom is -0.508 e. The molecule has 0 saturated carbocycles. The minimum atomic E-state index is 0.174. The van der Waals surface area contributed by atoms with Crippen LogP contribution in [0.3, 0.4) is 0 Å². The molecule has 0 aliphatic heterocycles. The van der Waals surface area contributed by atoms with Gasteiger partial charge >= 0.3 is 0 Å². The molecule has 16 heavy (non-hydrogen) atoms. The predicted octanol–water partition coefficient (Wildman–Crippen LogP) is 2.60. The Kier molecular flexibility index (Phi) is 1.74. The summed E-state index contributed by atoms with van der Waals surface area (Å²) in [6.45, 7) is 0. The molecule has 0 spiro atoms. The Morgan fingerprint density at radius 3 is 2.25 bits per heavy atom. The molecular weight excluding hydrogens is 202 g/mol. The topological polar surface area (TPSA) is 52.8 Å². The first kappa shape index (κ1) is 8.97. The summed E-state index contributed by atoms with van der Waals surface area (Å²) in [6.07, 6.45) is 0. The maximum absolute atomic E-state index is 9.45. The van der Waals surface area contributed by atoms with Crippen LogP contribution in [0.1, 0.15) is 11.1 Å². The van der Waals surface area contributed by atoms with Crippen molar-refractivity contribution in [1.29, 1.82) is 0 Å². The molecule has 0 saturated heterocycles. The van der Waals surface area contributed by atoms with E-state index < -0.39 is 0 Å². The number of phenolic OH excluding ortho intramolecular Hbond substituents is 1. The van der Waals surface area contributed by atoms with E-state index in [1.165, 1.54) is 0 Å². The molecule has 3 nitrogen and oxygen atoms in total. The SMILES string of the molecule is O/N=C1/c2ccccc2-c2ccc(O)cc21. The molecule has 3 heteroatoms. The summed E-state index contributed by atoms with van der Waals surface area (Å²) in [5.74, 6) is 0.174. The largest absolute Gasteiger partial charge is 0.508 e. The van der Waals surface area contributed by atoms with Gasteiger partial charge in [0.25, 0.3) is 0 Å². The summed E-state index contributed by atoms with van der Waals surface area (Å²) in [5.41, 5.74) is 4.20. The van der Waals surface area contributed by atoms with Gasteiger partial charge in [0.15, 0.2) is 0 Å². The highest BCUT2D eigenvalue weighted by atomic mass is 16.4. The zero-order valence-electron chi connectivity index (χ0n) is 8.38. The molecule has 2 N–H and O–H groups in total. The second-order valence-electron chi connectivity index (χ2n) is 3.72. The van der Waals surface area contributed by atoms with Gasteiger partial charge in [0.05, 0.1) is 0 Å². The molecule has 0 atom stereocenters. The molecule has 0 fully saturated rings. The van der Waals surface area contributed by atoms with Crippen molar-refractivity contribution in [3.05, 3.63) is 53.6 Å². The summed E-state index contributed by atoms with van der Waals surface area (Å²) >= 11 is 0. The average Bonchev–Trinajstić information content (AvgIpc) is 2.61. The molecule has 0 unspecified atom stereocenters. The number of hydrogen-bond donors (Lipinski definition) is 2. The van der Waals surface area contributed by atoms with Crippen molar-refractivity contribution >= 4 is 5.71 Å². The first-order valence-electron chi connectivity index (χ1n) is 4.96. The number of benzene rings is 2. The zero-order chi connectivity index (χ0) is 11.1. The smallest absolute Gasteiger partial charge is 0.118 e.